The molecule has 178 valence electrons. The number of nitrogens with one attached hydrogen (secondary N) is 1. The summed E-state index contributed by atoms with van der Waals surface area (Å²) in [6, 6.07) is 15.3. The normalized spacial score (nSPS) is 20.6. The first-order chi connectivity index (χ1) is 16.5. The van der Waals surface area contributed by atoms with Gasteiger partial charge in [0.15, 0.2) is 6.04 Å². The second kappa shape index (κ2) is 9.10. The van der Waals surface area contributed by atoms with E-state index >= 15 is 0 Å². The summed E-state index contributed by atoms with van der Waals surface area (Å²) in [4.78, 5) is 38.6. The monoisotopic (exact) mass is 464 g/mol. The molecule has 8 nitrogen and oxygen atoms in total. The van der Waals surface area contributed by atoms with Crippen LogP contribution in [0.15, 0.2) is 48.5 Å². The first-order valence-corrected chi connectivity index (χ1v) is 11.7. The smallest absolute Gasteiger partial charge is 0.407 e. The summed E-state index contributed by atoms with van der Waals surface area (Å²) in [7, 11) is 0. The molecule has 0 bridgehead atoms. The van der Waals surface area contributed by atoms with Gasteiger partial charge in [-0.15, -0.1) is 0 Å². The van der Waals surface area contributed by atoms with E-state index in [1.165, 1.54) is 4.90 Å². The summed E-state index contributed by atoms with van der Waals surface area (Å²) in [5.41, 5.74) is 3.90. The molecule has 1 saturated carbocycles. The van der Waals surface area contributed by atoms with Gasteiger partial charge >= 0.3 is 12.1 Å². The molecule has 2 aromatic rings. The second-order valence-corrected chi connectivity index (χ2v) is 9.28. The molecule has 1 saturated heterocycles. The topological polar surface area (TPSA) is 105 Å². The molecule has 1 atom stereocenters. The highest BCUT2D eigenvalue weighted by molar-refractivity contribution is 5.85. The summed E-state index contributed by atoms with van der Waals surface area (Å²) in [6.07, 6.45) is 1.71. The zero-order chi connectivity index (χ0) is 23.7. The summed E-state index contributed by atoms with van der Waals surface area (Å²) >= 11 is 0. The fourth-order valence-corrected chi connectivity index (χ4v) is 5.30. The Bertz CT molecular complexity index is 1070. The minimum atomic E-state index is -1.08. The predicted octanol–water partition coefficient (Wildman–Crippen LogP) is 3.15. The average Bonchev–Trinajstić information content (AvgIpc) is 3.15. The standard InChI is InChI=1S/C26H28N2O6/c29-23(28-12-13-33-16-22(28)24(30)31)14-26(10-5-11-26)27-25(32)34-15-21-19-8-3-1-6-17(19)18-7-2-4-9-20(18)21/h1-4,6-9,21-22H,5,10-16H2,(H,27,32)(H,30,31). The Hall–Kier alpha value is -3.39. The fourth-order valence-electron chi connectivity index (χ4n) is 5.30. The number of fused-ring (bicyclic) bond motifs is 3. The van der Waals surface area contributed by atoms with Crippen LogP contribution in [0.25, 0.3) is 11.1 Å². The van der Waals surface area contributed by atoms with E-state index in [1.807, 2.05) is 24.3 Å². The highest BCUT2D eigenvalue weighted by atomic mass is 16.5. The molecule has 0 spiro atoms. The number of carboxylic acids is 1. The van der Waals surface area contributed by atoms with Gasteiger partial charge in [0.25, 0.3) is 0 Å². The summed E-state index contributed by atoms with van der Waals surface area (Å²) in [5.74, 6) is -1.41. The van der Waals surface area contributed by atoms with Gasteiger partial charge in [0.05, 0.1) is 25.2 Å². The molecule has 2 aromatic carbocycles. The van der Waals surface area contributed by atoms with Gasteiger partial charge in [0, 0.05) is 12.5 Å². The Morgan fingerprint density at radius 2 is 1.71 bits per heavy atom. The van der Waals surface area contributed by atoms with Crippen molar-refractivity contribution in [1.82, 2.24) is 10.2 Å². The molecule has 1 unspecified atom stereocenters. The van der Waals surface area contributed by atoms with Crippen molar-refractivity contribution in [2.75, 3.05) is 26.4 Å². The average molecular weight is 465 g/mol. The molecule has 34 heavy (non-hydrogen) atoms. The van der Waals surface area contributed by atoms with E-state index in [0.717, 1.165) is 28.7 Å². The Morgan fingerprint density at radius 3 is 2.29 bits per heavy atom. The van der Waals surface area contributed by atoms with Gasteiger partial charge in [-0.25, -0.2) is 9.59 Å². The Kier molecular flexibility index (Phi) is 6.00. The Morgan fingerprint density at radius 1 is 1.06 bits per heavy atom. The Labute approximate surface area is 197 Å². The number of aliphatic carboxylic acids is 1. The number of benzene rings is 2. The number of carbonyl (C=O) groups excluding carboxylic acids is 2. The number of alkyl carbamates (subject to hydrolysis) is 1. The molecular weight excluding hydrogens is 436 g/mol. The molecule has 8 heteroatoms. The molecule has 0 radical (unpaired) electrons. The second-order valence-electron chi connectivity index (χ2n) is 9.28. The highest BCUT2D eigenvalue weighted by Gasteiger charge is 2.44. The zero-order valence-electron chi connectivity index (χ0n) is 18.9. The predicted molar refractivity (Wildman–Crippen MR) is 123 cm³/mol. The van der Waals surface area contributed by atoms with Crippen molar-refractivity contribution in [3.8, 4) is 11.1 Å². The van der Waals surface area contributed by atoms with Gasteiger partial charge in [-0.2, -0.15) is 0 Å². The SMILES string of the molecule is O=C(NC1(CC(=O)N2CCOCC2C(=O)O)CCC1)OCC1c2ccccc2-c2ccccc21. The molecule has 0 aromatic heterocycles. The van der Waals surface area contributed by atoms with Crippen LogP contribution >= 0.6 is 0 Å². The lowest BCUT2D eigenvalue weighted by Crippen LogP contribution is -2.59. The van der Waals surface area contributed by atoms with Crippen molar-refractivity contribution in [2.45, 2.75) is 43.2 Å². The molecule has 5 rings (SSSR count). The number of morpholine rings is 1. The molecule has 1 aliphatic heterocycles. The fraction of sp³-hybridized carbons (Fsp3) is 0.423. The first-order valence-electron chi connectivity index (χ1n) is 11.7. The van der Waals surface area contributed by atoms with E-state index in [4.69, 9.17) is 9.47 Å². The minimum Gasteiger partial charge on any atom is -0.480 e. The lowest BCUT2D eigenvalue weighted by atomic mass is 9.74. The lowest BCUT2D eigenvalue weighted by Gasteiger charge is -2.43. The summed E-state index contributed by atoms with van der Waals surface area (Å²) < 4.78 is 10.9. The van der Waals surface area contributed by atoms with Crippen molar-refractivity contribution < 1.29 is 29.0 Å². The molecule has 2 aliphatic carbocycles. The van der Waals surface area contributed by atoms with Crippen molar-refractivity contribution in [3.63, 3.8) is 0 Å². The number of hydrogen-bond donors (Lipinski definition) is 2. The van der Waals surface area contributed by atoms with E-state index in [0.29, 0.717) is 19.4 Å². The number of hydrogen-bond acceptors (Lipinski definition) is 5. The van der Waals surface area contributed by atoms with Crippen molar-refractivity contribution in [2.24, 2.45) is 0 Å². The molecule has 2 amide bonds. The maximum atomic E-state index is 13.0. The van der Waals surface area contributed by atoms with E-state index in [1.54, 1.807) is 0 Å². The van der Waals surface area contributed by atoms with E-state index < -0.39 is 23.6 Å². The van der Waals surface area contributed by atoms with Crippen LogP contribution in [0.5, 0.6) is 0 Å². The number of carboxylic acid groups (broad SMARTS) is 1. The number of amides is 2. The van der Waals surface area contributed by atoms with E-state index in [9.17, 15) is 19.5 Å². The largest absolute Gasteiger partial charge is 0.480 e. The maximum absolute atomic E-state index is 13.0. The van der Waals surface area contributed by atoms with Crippen molar-refractivity contribution >= 4 is 18.0 Å². The maximum Gasteiger partial charge on any atom is 0.407 e. The summed E-state index contributed by atoms with van der Waals surface area (Å²) in [5, 5.41) is 12.4. The number of nitrogens with zero attached hydrogens (tertiary/aromatic N) is 1. The van der Waals surface area contributed by atoms with Crippen LogP contribution in [0.1, 0.15) is 42.7 Å². The van der Waals surface area contributed by atoms with Gasteiger partial charge in [0.1, 0.15) is 6.61 Å². The molecule has 2 N–H and O–H groups in total. The van der Waals surface area contributed by atoms with Crippen molar-refractivity contribution in [3.05, 3.63) is 59.7 Å². The van der Waals surface area contributed by atoms with Gasteiger partial charge in [-0.05, 0) is 41.5 Å². The van der Waals surface area contributed by atoms with Gasteiger partial charge in [-0.1, -0.05) is 48.5 Å². The van der Waals surface area contributed by atoms with Crippen LogP contribution in [0.4, 0.5) is 4.79 Å². The highest BCUT2D eigenvalue weighted by Crippen LogP contribution is 2.44. The number of carbonyl (C=O) groups is 3. The summed E-state index contributed by atoms with van der Waals surface area (Å²) in [6.45, 7) is 0.724. The van der Waals surface area contributed by atoms with Crippen LogP contribution in [0.3, 0.4) is 0 Å². The van der Waals surface area contributed by atoms with Gasteiger partial charge in [0.2, 0.25) is 5.91 Å². The number of ether oxygens (including phenoxy) is 2. The Balaban J connectivity index is 1.23. The van der Waals surface area contributed by atoms with E-state index in [-0.39, 0.29) is 38.0 Å². The van der Waals surface area contributed by atoms with Crippen LogP contribution in [0.2, 0.25) is 0 Å². The molecule has 2 fully saturated rings. The van der Waals surface area contributed by atoms with Crippen LogP contribution in [-0.2, 0) is 19.1 Å². The third-order valence-corrected chi connectivity index (χ3v) is 7.25. The zero-order valence-corrected chi connectivity index (χ0v) is 18.9. The van der Waals surface area contributed by atoms with Gasteiger partial charge < -0.3 is 24.8 Å². The van der Waals surface area contributed by atoms with Crippen LogP contribution < -0.4 is 5.32 Å². The quantitative estimate of drug-likeness (QED) is 0.681. The van der Waals surface area contributed by atoms with Crippen LogP contribution in [0, 0.1) is 0 Å². The lowest BCUT2D eigenvalue weighted by molar-refractivity contribution is -0.159. The van der Waals surface area contributed by atoms with Crippen molar-refractivity contribution in [1.29, 1.82) is 0 Å². The van der Waals surface area contributed by atoms with E-state index in [2.05, 4.69) is 29.6 Å². The van der Waals surface area contributed by atoms with Crippen LogP contribution in [-0.4, -0.2) is 65.9 Å². The molecule has 1 heterocycles. The third kappa shape index (κ3) is 4.14. The third-order valence-electron chi connectivity index (χ3n) is 7.25. The minimum absolute atomic E-state index is 0.0200. The first kappa shape index (κ1) is 22.4. The number of rotatable bonds is 6. The van der Waals surface area contributed by atoms with Gasteiger partial charge in [-0.3, -0.25) is 4.79 Å². The molecular formula is C26H28N2O6. The molecule has 3 aliphatic rings.